The average Bonchev–Trinajstić information content (AvgIpc) is 2.65. The molecule has 3 N–H and O–H groups in total. The number of benzene rings is 2. The van der Waals surface area contributed by atoms with Crippen molar-refractivity contribution in [3.05, 3.63) is 65.0 Å². The minimum Gasteiger partial charge on any atom is -0.497 e. The normalized spacial score (nSPS) is 11.3. The minimum absolute atomic E-state index is 0.281. The smallest absolute Gasteiger partial charge is 0.191 e. The van der Waals surface area contributed by atoms with E-state index in [-0.39, 0.29) is 12.2 Å². The highest BCUT2D eigenvalue weighted by molar-refractivity contribution is 5.79. The van der Waals surface area contributed by atoms with Crippen molar-refractivity contribution < 1.29 is 14.2 Å². The summed E-state index contributed by atoms with van der Waals surface area (Å²) in [6.45, 7) is 3.43. The van der Waals surface area contributed by atoms with E-state index in [2.05, 4.69) is 15.6 Å². The second-order valence-electron chi connectivity index (χ2n) is 5.48. The van der Waals surface area contributed by atoms with Gasteiger partial charge in [-0.3, -0.25) is 0 Å². The van der Waals surface area contributed by atoms with Gasteiger partial charge in [0, 0.05) is 18.7 Å². The van der Waals surface area contributed by atoms with Crippen LogP contribution in [-0.2, 0) is 19.7 Å². The molecule has 25 heavy (non-hydrogen) atoms. The van der Waals surface area contributed by atoms with E-state index < -0.39 is 5.82 Å². The van der Waals surface area contributed by atoms with Crippen LogP contribution in [0.3, 0.4) is 0 Å². The molecule has 0 unspecified atom stereocenters. The molecule has 0 fully saturated rings. The third kappa shape index (κ3) is 5.76. The second-order valence-corrected chi connectivity index (χ2v) is 5.48. The Labute approximate surface area is 147 Å². The summed E-state index contributed by atoms with van der Waals surface area (Å²) in [6, 6.07) is 12.5. The number of ether oxygens (including phenoxy) is 1. The zero-order valence-corrected chi connectivity index (χ0v) is 14.6. The van der Waals surface area contributed by atoms with Crippen LogP contribution in [0.25, 0.3) is 0 Å². The van der Waals surface area contributed by atoms with Gasteiger partial charge in [0.2, 0.25) is 0 Å². The number of aliphatic hydroxyl groups is 1. The number of rotatable bonds is 7. The molecule has 0 radical (unpaired) electrons. The average molecular weight is 345 g/mol. The zero-order valence-electron chi connectivity index (χ0n) is 14.6. The van der Waals surface area contributed by atoms with E-state index in [0.717, 1.165) is 23.4 Å². The van der Waals surface area contributed by atoms with Crippen molar-refractivity contribution in [3.63, 3.8) is 0 Å². The van der Waals surface area contributed by atoms with Crippen molar-refractivity contribution >= 4 is 5.96 Å². The van der Waals surface area contributed by atoms with Gasteiger partial charge in [0.1, 0.15) is 11.6 Å². The van der Waals surface area contributed by atoms with Crippen LogP contribution in [0.15, 0.2) is 47.5 Å². The van der Waals surface area contributed by atoms with Crippen molar-refractivity contribution in [1.82, 2.24) is 10.6 Å². The molecular weight excluding hydrogens is 321 g/mol. The Bertz CT molecular complexity index is 702. The lowest BCUT2D eigenvalue weighted by Crippen LogP contribution is -2.36. The maximum absolute atomic E-state index is 13.4. The van der Waals surface area contributed by atoms with Crippen LogP contribution < -0.4 is 15.4 Å². The fourth-order valence-corrected chi connectivity index (χ4v) is 2.29. The molecule has 0 aromatic heterocycles. The van der Waals surface area contributed by atoms with E-state index in [9.17, 15) is 4.39 Å². The number of methoxy groups -OCH3 is 1. The van der Waals surface area contributed by atoms with Crippen molar-refractivity contribution in [3.8, 4) is 5.75 Å². The lowest BCUT2D eigenvalue weighted by Gasteiger charge is -2.12. The van der Waals surface area contributed by atoms with E-state index in [4.69, 9.17) is 9.84 Å². The fraction of sp³-hybridized carbons (Fsp3) is 0.316. The van der Waals surface area contributed by atoms with Gasteiger partial charge in [0.25, 0.3) is 0 Å². The maximum Gasteiger partial charge on any atom is 0.191 e. The molecule has 2 rings (SSSR count). The van der Waals surface area contributed by atoms with Crippen LogP contribution >= 0.6 is 0 Å². The van der Waals surface area contributed by atoms with Gasteiger partial charge >= 0.3 is 0 Å². The third-order valence-electron chi connectivity index (χ3n) is 3.66. The first kappa shape index (κ1) is 18.7. The van der Waals surface area contributed by atoms with E-state index in [1.54, 1.807) is 19.2 Å². The van der Waals surface area contributed by atoms with Crippen molar-refractivity contribution in [2.75, 3.05) is 13.7 Å². The van der Waals surface area contributed by atoms with Gasteiger partial charge in [0.15, 0.2) is 5.96 Å². The Kier molecular flexibility index (Phi) is 7.22. The molecule has 2 aromatic rings. The first-order valence-electron chi connectivity index (χ1n) is 8.19. The van der Waals surface area contributed by atoms with Gasteiger partial charge in [-0.05, 0) is 42.3 Å². The van der Waals surface area contributed by atoms with E-state index >= 15 is 0 Å². The molecule has 0 saturated heterocycles. The van der Waals surface area contributed by atoms with E-state index in [1.165, 1.54) is 6.07 Å². The minimum atomic E-state index is -0.403. The molecule has 0 saturated carbocycles. The van der Waals surface area contributed by atoms with Gasteiger partial charge in [-0.15, -0.1) is 0 Å². The summed E-state index contributed by atoms with van der Waals surface area (Å²) in [4.78, 5) is 4.50. The van der Waals surface area contributed by atoms with Crippen LogP contribution in [0, 0.1) is 5.82 Å². The summed E-state index contributed by atoms with van der Waals surface area (Å²) in [5.74, 6) is 1.09. The Morgan fingerprint density at radius 2 is 1.84 bits per heavy atom. The first-order valence-corrected chi connectivity index (χ1v) is 8.19. The van der Waals surface area contributed by atoms with Gasteiger partial charge in [-0.1, -0.05) is 18.2 Å². The predicted octanol–water partition coefficient (Wildman–Crippen LogP) is 2.58. The summed E-state index contributed by atoms with van der Waals surface area (Å²) in [6.07, 6.45) is 0. The molecule has 0 bridgehead atoms. The molecule has 5 nitrogen and oxygen atoms in total. The fourth-order valence-electron chi connectivity index (χ4n) is 2.29. The number of aliphatic hydroxyl groups excluding tert-OH is 1. The van der Waals surface area contributed by atoms with Crippen LogP contribution in [-0.4, -0.2) is 24.7 Å². The summed E-state index contributed by atoms with van der Waals surface area (Å²) >= 11 is 0. The second kappa shape index (κ2) is 9.64. The van der Waals surface area contributed by atoms with Crippen molar-refractivity contribution in [1.29, 1.82) is 0 Å². The molecule has 0 aliphatic carbocycles. The summed E-state index contributed by atoms with van der Waals surface area (Å²) in [5.41, 5.74) is 2.23. The Morgan fingerprint density at radius 1 is 1.12 bits per heavy atom. The number of halogens is 1. The van der Waals surface area contributed by atoms with Crippen LogP contribution in [0.5, 0.6) is 5.75 Å². The SMILES string of the molecule is CCNC(=NCc1ccc(F)c(CO)c1)NCc1ccc(OC)cc1. The number of hydrogen-bond donors (Lipinski definition) is 3. The standard InChI is InChI=1S/C19H24FN3O2/c1-3-21-19(22-11-14-4-7-17(25-2)8-5-14)23-12-15-6-9-18(20)16(10-15)13-24/h4-10,24H,3,11-13H2,1-2H3,(H2,21,22,23). The molecule has 0 atom stereocenters. The molecule has 134 valence electrons. The molecule has 0 aliphatic heterocycles. The number of aliphatic imine (C=N–C) groups is 1. The van der Waals surface area contributed by atoms with Crippen molar-refractivity contribution in [2.24, 2.45) is 4.99 Å². The first-order chi connectivity index (χ1) is 12.2. The molecule has 2 aromatic carbocycles. The summed E-state index contributed by atoms with van der Waals surface area (Å²) < 4.78 is 18.6. The Balaban J connectivity index is 1.99. The molecule has 6 heteroatoms. The molecule has 0 aliphatic rings. The topological polar surface area (TPSA) is 65.9 Å². The maximum atomic E-state index is 13.4. The largest absolute Gasteiger partial charge is 0.497 e. The Hall–Kier alpha value is -2.60. The van der Waals surface area contributed by atoms with Crippen LogP contribution in [0.4, 0.5) is 4.39 Å². The molecule has 0 heterocycles. The van der Waals surface area contributed by atoms with E-state index in [1.807, 2.05) is 31.2 Å². The molecule has 0 amide bonds. The highest BCUT2D eigenvalue weighted by atomic mass is 19.1. The third-order valence-corrected chi connectivity index (χ3v) is 3.66. The highest BCUT2D eigenvalue weighted by Gasteiger charge is 2.03. The number of hydrogen-bond acceptors (Lipinski definition) is 3. The summed E-state index contributed by atoms with van der Waals surface area (Å²) in [7, 11) is 1.64. The quantitative estimate of drug-likeness (QED) is 0.533. The monoisotopic (exact) mass is 345 g/mol. The van der Waals surface area contributed by atoms with Gasteiger partial charge in [-0.2, -0.15) is 0 Å². The van der Waals surface area contributed by atoms with Gasteiger partial charge in [0.05, 0.1) is 20.3 Å². The molecular formula is C19H24FN3O2. The highest BCUT2D eigenvalue weighted by Crippen LogP contribution is 2.12. The number of nitrogens with one attached hydrogen (secondary N) is 2. The van der Waals surface area contributed by atoms with E-state index in [0.29, 0.717) is 19.0 Å². The van der Waals surface area contributed by atoms with Crippen LogP contribution in [0.2, 0.25) is 0 Å². The van der Waals surface area contributed by atoms with Crippen LogP contribution in [0.1, 0.15) is 23.6 Å². The number of nitrogens with zero attached hydrogens (tertiary/aromatic N) is 1. The van der Waals surface area contributed by atoms with Crippen molar-refractivity contribution in [2.45, 2.75) is 26.6 Å². The van der Waals surface area contributed by atoms with Gasteiger partial charge in [-0.25, -0.2) is 9.38 Å². The van der Waals surface area contributed by atoms with Gasteiger partial charge < -0.3 is 20.5 Å². The molecule has 0 spiro atoms. The lowest BCUT2D eigenvalue weighted by molar-refractivity contribution is 0.275. The predicted molar refractivity (Wildman–Crippen MR) is 97.0 cm³/mol. The number of guanidine groups is 1. The lowest BCUT2D eigenvalue weighted by atomic mass is 10.1. The zero-order chi connectivity index (χ0) is 18.1. The summed E-state index contributed by atoms with van der Waals surface area (Å²) in [5, 5.41) is 15.6. The Morgan fingerprint density at radius 3 is 2.48 bits per heavy atom.